The van der Waals surface area contributed by atoms with E-state index in [1.165, 1.54) is 16.0 Å². The maximum atomic E-state index is 12.4. The number of amides is 1. The molecule has 1 amide bonds. The van der Waals surface area contributed by atoms with E-state index in [0.717, 1.165) is 37.5 Å². The molecule has 128 valence electrons. The summed E-state index contributed by atoms with van der Waals surface area (Å²) in [6, 6.07) is 0. The molecule has 2 aliphatic rings. The SMILES string of the molecule is Cc1sc(NC(=O)CN2CCO[C@H]([C@H]3CCCO3)C2)c(C)c1C. The standard InChI is InChI=1S/C17H26N2O3S/c1-11-12(2)17(23-13(11)3)18-16(20)10-19-6-8-22-15(9-19)14-5-4-7-21-14/h14-15H,4-10H2,1-3H3,(H,18,20)/t14-,15+/m1/s1. The van der Waals surface area contributed by atoms with Gasteiger partial charge in [0.2, 0.25) is 5.91 Å². The van der Waals surface area contributed by atoms with Gasteiger partial charge in [-0.25, -0.2) is 0 Å². The van der Waals surface area contributed by atoms with Gasteiger partial charge in [0, 0.05) is 24.6 Å². The fourth-order valence-corrected chi connectivity index (χ4v) is 4.31. The molecule has 2 atom stereocenters. The Hall–Kier alpha value is -0.950. The summed E-state index contributed by atoms with van der Waals surface area (Å²) in [4.78, 5) is 15.8. The second-order valence-electron chi connectivity index (χ2n) is 6.48. The highest BCUT2D eigenvalue weighted by Crippen LogP contribution is 2.31. The van der Waals surface area contributed by atoms with E-state index in [4.69, 9.17) is 9.47 Å². The molecule has 1 aromatic rings. The van der Waals surface area contributed by atoms with Crippen LogP contribution in [0.15, 0.2) is 0 Å². The van der Waals surface area contributed by atoms with Crippen molar-refractivity contribution in [3.63, 3.8) is 0 Å². The minimum atomic E-state index is 0.0577. The van der Waals surface area contributed by atoms with Gasteiger partial charge in [0.1, 0.15) is 0 Å². The summed E-state index contributed by atoms with van der Waals surface area (Å²) >= 11 is 1.66. The van der Waals surface area contributed by atoms with Crippen LogP contribution in [0.1, 0.15) is 28.8 Å². The van der Waals surface area contributed by atoms with Crippen LogP contribution in [0, 0.1) is 20.8 Å². The van der Waals surface area contributed by atoms with Crippen molar-refractivity contribution in [3.05, 3.63) is 16.0 Å². The van der Waals surface area contributed by atoms with Crippen LogP contribution in [0.5, 0.6) is 0 Å². The molecule has 0 unspecified atom stereocenters. The molecule has 0 spiro atoms. The number of carbonyl (C=O) groups excluding carboxylic acids is 1. The molecule has 0 saturated carbocycles. The zero-order chi connectivity index (χ0) is 16.4. The van der Waals surface area contributed by atoms with Crippen molar-refractivity contribution < 1.29 is 14.3 Å². The van der Waals surface area contributed by atoms with Crippen molar-refractivity contribution in [3.8, 4) is 0 Å². The average Bonchev–Trinajstić information content (AvgIpc) is 3.14. The van der Waals surface area contributed by atoms with Gasteiger partial charge in [0.15, 0.2) is 0 Å². The molecule has 3 heterocycles. The highest BCUT2D eigenvalue weighted by molar-refractivity contribution is 7.16. The lowest BCUT2D eigenvalue weighted by Crippen LogP contribution is -2.49. The second-order valence-corrected chi connectivity index (χ2v) is 7.71. The maximum Gasteiger partial charge on any atom is 0.239 e. The van der Waals surface area contributed by atoms with Gasteiger partial charge < -0.3 is 14.8 Å². The van der Waals surface area contributed by atoms with Gasteiger partial charge in [-0.2, -0.15) is 0 Å². The number of hydrogen-bond acceptors (Lipinski definition) is 5. The van der Waals surface area contributed by atoms with Gasteiger partial charge >= 0.3 is 0 Å². The molecule has 0 aromatic carbocycles. The molecule has 2 fully saturated rings. The molecule has 5 nitrogen and oxygen atoms in total. The molecule has 2 aliphatic heterocycles. The molecule has 0 bridgehead atoms. The Morgan fingerprint density at radius 2 is 2.00 bits per heavy atom. The van der Waals surface area contributed by atoms with Crippen LogP contribution in [-0.2, 0) is 14.3 Å². The normalized spacial score (nSPS) is 25.7. The van der Waals surface area contributed by atoms with Crippen LogP contribution < -0.4 is 5.32 Å². The van der Waals surface area contributed by atoms with E-state index < -0.39 is 0 Å². The van der Waals surface area contributed by atoms with Crippen molar-refractivity contribution in [2.75, 3.05) is 38.2 Å². The number of thiophene rings is 1. The number of rotatable bonds is 4. The molecular weight excluding hydrogens is 312 g/mol. The quantitative estimate of drug-likeness (QED) is 0.916. The van der Waals surface area contributed by atoms with Crippen molar-refractivity contribution in [2.24, 2.45) is 0 Å². The van der Waals surface area contributed by atoms with Gasteiger partial charge in [0.05, 0.1) is 30.4 Å². The zero-order valence-electron chi connectivity index (χ0n) is 14.2. The minimum absolute atomic E-state index is 0.0577. The lowest BCUT2D eigenvalue weighted by molar-refractivity contribution is -0.123. The predicted molar refractivity (Wildman–Crippen MR) is 92.3 cm³/mol. The number of nitrogens with zero attached hydrogens (tertiary/aromatic N) is 1. The third-order valence-electron chi connectivity index (χ3n) is 4.86. The summed E-state index contributed by atoms with van der Waals surface area (Å²) in [6.45, 7) is 9.77. The number of hydrogen-bond donors (Lipinski definition) is 1. The smallest absolute Gasteiger partial charge is 0.239 e. The van der Waals surface area contributed by atoms with Gasteiger partial charge in [-0.1, -0.05) is 0 Å². The van der Waals surface area contributed by atoms with E-state index >= 15 is 0 Å². The van der Waals surface area contributed by atoms with E-state index in [2.05, 4.69) is 31.0 Å². The molecule has 0 radical (unpaired) electrons. The van der Waals surface area contributed by atoms with Crippen LogP contribution in [0.25, 0.3) is 0 Å². The minimum Gasteiger partial charge on any atom is -0.375 e. The van der Waals surface area contributed by atoms with E-state index in [0.29, 0.717) is 13.2 Å². The fourth-order valence-electron chi connectivity index (χ4n) is 3.22. The number of carbonyl (C=O) groups is 1. The molecule has 1 aromatic heterocycles. The first-order valence-electron chi connectivity index (χ1n) is 8.36. The van der Waals surface area contributed by atoms with Crippen molar-refractivity contribution in [1.82, 2.24) is 4.90 Å². The molecule has 23 heavy (non-hydrogen) atoms. The summed E-state index contributed by atoms with van der Waals surface area (Å²) < 4.78 is 11.6. The monoisotopic (exact) mass is 338 g/mol. The average molecular weight is 338 g/mol. The van der Waals surface area contributed by atoms with E-state index in [1.54, 1.807) is 11.3 Å². The largest absolute Gasteiger partial charge is 0.375 e. The number of aryl methyl sites for hydroxylation is 1. The van der Waals surface area contributed by atoms with Crippen molar-refractivity contribution >= 4 is 22.2 Å². The molecule has 0 aliphatic carbocycles. The summed E-state index contributed by atoms with van der Waals surface area (Å²) in [5, 5.41) is 4.05. The number of morpholine rings is 1. The molecule has 6 heteroatoms. The Bertz CT molecular complexity index is 566. The Morgan fingerprint density at radius 3 is 2.65 bits per heavy atom. The number of anilines is 1. The summed E-state index contributed by atoms with van der Waals surface area (Å²) in [7, 11) is 0. The van der Waals surface area contributed by atoms with Gasteiger partial charge in [-0.15, -0.1) is 11.3 Å². The summed E-state index contributed by atoms with van der Waals surface area (Å²) in [5.74, 6) is 0.0577. The highest BCUT2D eigenvalue weighted by atomic mass is 32.1. The van der Waals surface area contributed by atoms with Gasteiger partial charge in [0.25, 0.3) is 0 Å². The predicted octanol–water partition coefficient (Wildman–Crippen LogP) is 2.49. The maximum absolute atomic E-state index is 12.4. The molecule has 3 rings (SSSR count). The lowest BCUT2D eigenvalue weighted by Gasteiger charge is -2.34. The third-order valence-corrected chi connectivity index (χ3v) is 6.09. The Kier molecular flexibility index (Phi) is 5.36. The van der Waals surface area contributed by atoms with Crippen LogP contribution in [0.2, 0.25) is 0 Å². The van der Waals surface area contributed by atoms with Crippen LogP contribution in [0.4, 0.5) is 5.00 Å². The van der Waals surface area contributed by atoms with E-state index in [9.17, 15) is 4.79 Å². The van der Waals surface area contributed by atoms with E-state index in [1.807, 2.05) is 0 Å². The summed E-state index contributed by atoms with van der Waals surface area (Å²) in [6.07, 6.45) is 2.48. The van der Waals surface area contributed by atoms with Crippen molar-refractivity contribution in [2.45, 2.75) is 45.8 Å². The number of nitrogens with one attached hydrogen (secondary N) is 1. The van der Waals surface area contributed by atoms with Gasteiger partial charge in [-0.3, -0.25) is 9.69 Å². The molecule has 1 N–H and O–H groups in total. The second kappa shape index (κ2) is 7.30. The Balaban J connectivity index is 1.53. The lowest BCUT2D eigenvalue weighted by atomic mass is 10.1. The number of ether oxygens (including phenoxy) is 2. The highest BCUT2D eigenvalue weighted by Gasteiger charge is 2.31. The Labute approximate surface area is 142 Å². The Morgan fingerprint density at radius 1 is 1.22 bits per heavy atom. The van der Waals surface area contributed by atoms with Crippen molar-refractivity contribution in [1.29, 1.82) is 0 Å². The third kappa shape index (κ3) is 3.94. The summed E-state index contributed by atoms with van der Waals surface area (Å²) in [5.41, 5.74) is 2.45. The van der Waals surface area contributed by atoms with Crippen LogP contribution in [0.3, 0.4) is 0 Å². The van der Waals surface area contributed by atoms with Gasteiger partial charge in [-0.05, 0) is 44.7 Å². The van der Waals surface area contributed by atoms with Crippen LogP contribution >= 0.6 is 11.3 Å². The molecular formula is C17H26N2O3S. The first-order valence-corrected chi connectivity index (χ1v) is 9.18. The fraction of sp³-hybridized carbons (Fsp3) is 0.706. The topological polar surface area (TPSA) is 50.8 Å². The van der Waals surface area contributed by atoms with E-state index in [-0.39, 0.29) is 18.1 Å². The van der Waals surface area contributed by atoms with Crippen LogP contribution in [-0.4, -0.2) is 55.9 Å². The first kappa shape index (κ1) is 16.9. The molecule has 2 saturated heterocycles. The zero-order valence-corrected chi connectivity index (χ0v) is 15.0. The first-order chi connectivity index (χ1) is 11.0.